The van der Waals surface area contributed by atoms with Gasteiger partial charge in [-0.15, -0.1) is 0 Å². The molecule has 0 unspecified atom stereocenters. The summed E-state index contributed by atoms with van der Waals surface area (Å²) in [5, 5.41) is 0. The highest BCUT2D eigenvalue weighted by Crippen LogP contribution is 2.17. The molecule has 0 aliphatic carbocycles. The summed E-state index contributed by atoms with van der Waals surface area (Å²) in [6.45, 7) is 0. The van der Waals surface area contributed by atoms with Gasteiger partial charge in [0.2, 0.25) is 0 Å². The average Bonchev–Trinajstić information content (AvgIpc) is 3.63. The van der Waals surface area contributed by atoms with Crippen LogP contribution in [0.4, 0.5) is 0 Å². The molecule has 0 fully saturated rings. The van der Waals surface area contributed by atoms with Crippen LogP contribution in [-0.2, 0) is 0 Å². The van der Waals surface area contributed by atoms with Gasteiger partial charge in [-0.05, 0) is 72.8 Å². The van der Waals surface area contributed by atoms with Gasteiger partial charge in [0.15, 0.2) is 5.65 Å². The van der Waals surface area contributed by atoms with Crippen LogP contribution < -0.4 is 0 Å². The Morgan fingerprint density at radius 2 is 1.06 bits per heavy atom. The summed E-state index contributed by atoms with van der Waals surface area (Å²) in [6, 6.07) is 16.4. The summed E-state index contributed by atoms with van der Waals surface area (Å²) in [4.78, 5) is 30.5. The Labute approximate surface area is 187 Å². The largest absolute Gasteiger partial charge is 0.355 e. The molecule has 0 saturated heterocycles. The van der Waals surface area contributed by atoms with Crippen LogP contribution >= 0.6 is 0 Å². The first kappa shape index (κ1) is 18.9. The van der Waals surface area contributed by atoms with Gasteiger partial charge in [0.25, 0.3) is 0 Å². The van der Waals surface area contributed by atoms with Gasteiger partial charge in [-0.3, -0.25) is 0 Å². The third-order valence-electron chi connectivity index (χ3n) is 5.14. The molecule has 2 aliphatic rings. The number of H-pyrrole nitrogens is 3. The van der Waals surface area contributed by atoms with E-state index in [9.17, 15) is 0 Å². The van der Waals surface area contributed by atoms with Crippen molar-refractivity contribution in [3.63, 3.8) is 0 Å². The van der Waals surface area contributed by atoms with E-state index in [1.54, 1.807) is 12.5 Å². The Hall–Kier alpha value is -4.85. The number of hydrogen-bond donors (Lipinski definition) is 3. The Balaban J connectivity index is 0.000000192. The van der Waals surface area contributed by atoms with Gasteiger partial charge in [0, 0.05) is 22.1 Å². The maximum absolute atomic E-state index is 4.63. The molecule has 0 saturated carbocycles. The second kappa shape index (κ2) is 8.01. The number of aromatic nitrogens is 8. The molecular formula is C25H18N8. The fraction of sp³-hybridized carbons (Fsp3) is 0. The zero-order chi connectivity index (χ0) is 22.0. The molecule has 0 aromatic carbocycles. The normalized spacial score (nSPS) is 12.0. The summed E-state index contributed by atoms with van der Waals surface area (Å²) in [6.07, 6.45) is 12.9. The van der Waals surface area contributed by atoms with E-state index in [0.29, 0.717) is 5.65 Å². The lowest BCUT2D eigenvalue weighted by molar-refractivity contribution is 1.20. The molecule has 8 bridgehead atoms. The Morgan fingerprint density at radius 1 is 0.576 bits per heavy atom. The summed E-state index contributed by atoms with van der Waals surface area (Å²) >= 11 is 0. The number of aromatic amines is 3. The number of imidazole rings is 1. The molecule has 7 heterocycles. The number of hydrogen-bond acceptors (Lipinski definition) is 5. The lowest BCUT2D eigenvalue weighted by Gasteiger charge is -1.85. The van der Waals surface area contributed by atoms with Gasteiger partial charge in [-0.25, -0.2) is 24.9 Å². The third kappa shape index (κ3) is 4.17. The minimum atomic E-state index is 0.713. The second-order valence-corrected chi connectivity index (χ2v) is 7.57. The minimum absolute atomic E-state index is 0.713. The summed E-state index contributed by atoms with van der Waals surface area (Å²) in [7, 11) is 0. The first-order chi connectivity index (χ1) is 16.3. The van der Waals surface area contributed by atoms with Gasteiger partial charge in [-0.1, -0.05) is 0 Å². The van der Waals surface area contributed by atoms with Crippen molar-refractivity contribution in [1.82, 2.24) is 39.9 Å². The van der Waals surface area contributed by atoms with Gasteiger partial charge in [-0.2, -0.15) is 0 Å². The van der Waals surface area contributed by atoms with Crippen molar-refractivity contribution >= 4 is 57.5 Å². The maximum atomic E-state index is 4.63. The van der Waals surface area contributed by atoms with E-state index < -0.39 is 0 Å². The fourth-order valence-electron chi connectivity index (χ4n) is 3.63. The Bertz CT molecular complexity index is 1480. The predicted octanol–water partition coefficient (Wildman–Crippen LogP) is 5.01. The van der Waals surface area contributed by atoms with Gasteiger partial charge >= 0.3 is 0 Å². The van der Waals surface area contributed by atoms with Crippen molar-refractivity contribution in [1.29, 1.82) is 0 Å². The van der Waals surface area contributed by atoms with Crippen molar-refractivity contribution < 1.29 is 0 Å². The highest BCUT2D eigenvalue weighted by Gasteiger charge is 2.01. The first-order valence-electron chi connectivity index (χ1n) is 10.4. The molecule has 8 heteroatoms. The second-order valence-electron chi connectivity index (χ2n) is 7.57. The zero-order valence-corrected chi connectivity index (χ0v) is 17.4. The van der Waals surface area contributed by atoms with Crippen molar-refractivity contribution in [3.05, 3.63) is 90.2 Å². The van der Waals surface area contributed by atoms with Crippen LogP contribution in [-0.4, -0.2) is 39.9 Å². The van der Waals surface area contributed by atoms with E-state index in [-0.39, 0.29) is 0 Å². The molecule has 0 atom stereocenters. The molecule has 0 radical (unpaired) electrons. The standard InChI is InChI=1S/C20H14N4.C5H4N4/c1-2-14-10-16-5-6-18(23-16)12-20-8-7-19(24-20)11-17-4-3-15(22-17)9-13(1)21-14;1-4-5(8-2-6-1)9-3-7-4/h1-12,21,24H;1-3H,(H,6,7,8,9). The molecular weight excluding hydrogens is 412 g/mol. The van der Waals surface area contributed by atoms with Crippen molar-refractivity contribution in [2.24, 2.45) is 0 Å². The highest BCUT2D eigenvalue weighted by molar-refractivity contribution is 5.77. The number of nitrogens with one attached hydrogen (secondary N) is 3. The Morgan fingerprint density at radius 3 is 1.52 bits per heavy atom. The third-order valence-corrected chi connectivity index (χ3v) is 5.14. The smallest absolute Gasteiger partial charge is 0.180 e. The van der Waals surface area contributed by atoms with E-state index in [1.165, 1.54) is 6.33 Å². The number of nitrogens with zero attached hydrogens (tertiary/aromatic N) is 5. The zero-order valence-electron chi connectivity index (χ0n) is 17.4. The first-order valence-corrected chi connectivity index (χ1v) is 10.4. The van der Waals surface area contributed by atoms with Gasteiger partial charge in [0.1, 0.15) is 11.8 Å². The van der Waals surface area contributed by atoms with Crippen molar-refractivity contribution in [3.8, 4) is 0 Å². The van der Waals surface area contributed by atoms with E-state index in [1.807, 2.05) is 48.6 Å². The monoisotopic (exact) mass is 430 g/mol. The van der Waals surface area contributed by atoms with Crippen LogP contribution in [0.2, 0.25) is 0 Å². The molecule has 33 heavy (non-hydrogen) atoms. The molecule has 158 valence electrons. The average molecular weight is 430 g/mol. The molecule has 7 rings (SSSR count). The topological polar surface area (TPSA) is 112 Å². The summed E-state index contributed by atoms with van der Waals surface area (Å²) in [5.41, 5.74) is 9.45. The molecule has 5 aromatic heterocycles. The lowest BCUT2D eigenvalue weighted by Crippen LogP contribution is -1.76. The molecule has 2 aliphatic heterocycles. The quantitative estimate of drug-likeness (QED) is 0.313. The fourth-order valence-corrected chi connectivity index (χ4v) is 3.63. The van der Waals surface area contributed by atoms with Crippen molar-refractivity contribution in [2.45, 2.75) is 0 Å². The lowest BCUT2D eigenvalue weighted by atomic mass is 10.3. The van der Waals surface area contributed by atoms with Gasteiger partial charge in [0.05, 0.1) is 35.3 Å². The van der Waals surface area contributed by atoms with Crippen LogP contribution in [0.1, 0.15) is 22.8 Å². The molecule has 5 aromatic rings. The van der Waals surface area contributed by atoms with Crippen LogP contribution in [0.15, 0.2) is 67.4 Å². The SMILES string of the molecule is C1=Cc2cc3ccc(cc4nc(cc5ccc(cc1n2)[nH]5)C=C4)[nH]3.c1ncc2[nH]cnc2n1. The van der Waals surface area contributed by atoms with E-state index >= 15 is 0 Å². The van der Waals surface area contributed by atoms with Crippen LogP contribution in [0.3, 0.4) is 0 Å². The predicted molar refractivity (Wildman–Crippen MR) is 131 cm³/mol. The van der Waals surface area contributed by atoms with Crippen LogP contribution in [0, 0.1) is 0 Å². The van der Waals surface area contributed by atoms with Gasteiger partial charge < -0.3 is 15.0 Å². The highest BCUT2D eigenvalue weighted by atomic mass is 15.0. The molecule has 3 N–H and O–H groups in total. The Kier molecular flexibility index (Phi) is 4.58. The number of fused-ring (bicyclic) bond motifs is 9. The maximum Gasteiger partial charge on any atom is 0.180 e. The minimum Gasteiger partial charge on any atom is -0.355 e. The van der Waals surface area contributed by atoms with Crippen LogP contribution in [0.5, 0.6) is 0 Å². The van der Waals surface area contributed by atoms with E-state index in [2.05, 4.69) is 64.1 Å². The summed E-state index contributed by atoms with van der Waals surface area (Å²) in [5.74, 6) is 0. The number of rotatable bonds is 0. The van der Waals surface area contributed by atoms with Crippen LogP contribution in [0.25, 0.3) is 57.5 Å². The summed E-state index contributed by atoms with van der Waals surface area (Å²) < 4.78 is 0. The van der Waals surface area contributed by atoms with Crippen molar-refractivity contribution in [2.75, 3.05) is 0 Å². The van der Waals surface area contributed by atoms with E-state index in [0.717, 1.165) is 50.4 Å². The molecule has 0 amide bonds. The van der Waals surface area contributed by atoms with E-state index in [4.69, 9.17) is 0 Å². The molecule has 8 nitrogen and oxygen atoms in total. The molecule has 0 spiro atoms.